The molecule has 2 aromatic rings. The first-order chi connectivity index (χ1) is 16.3. The number of nitrogens with zero attached hydrogens (tertiary/aromatic N) is 2. The Morgan fingerprint density at radius 1 is 1.15 bits per heavy atom. The topological polar surface area (TPSA) is 54.5 Å². The summed E-state index contributed by atoms with van der Waals surface area (Å²) in [5.74, 6) is 0.789. The van der Waals surface area contributed by atoms with Crippen LogP contribution in [-0.2, 0) is 9.53 Å². The zero-order chi connectivity index (χ0) is 23.9. The van der Waals surface area contributed by atoms with E-state index in [2.05, 4.69) is 35.1 Å². The SMILES string of the molecule is CC1(C)CCC(C(=O)Nc2cc3cc(C4CCC(N5CC[C@H](F)C5)CC4)c(Cl)cc3cn2)CO1. The number of halogens is 2. The highest BCUT2D eigenvalue weighted by atomic mass is 35.5. The zero-order valence-electron chi connectivity index (χ0n) is 20.2. The molecule has 0 bridgehead atoms. The highest BCUT2D eigenvalue weighted by Gasteiger charge is 2.33. The first-order valence-electron chi connectivity index (χ1n) is 12.7. The molecule has 3 heterocycles. The van der Waals surface area contributed by atoms with Crippen molar-refractivity contribution in [2.75, 3.05) is 25.0 Å². The van der Waals surface area contributed by atoms with Crippen LogP contribution in [0.3, 0.4) is 0 Å². The summed E-state index contributed by atoms with van der Waals surface area (Å²) in [5, 5.41) is 5.77. The number of pyridine rings is 1. The molecule has 2 saturated heterocycles. The van der Waals surface area contributed by atoms with Gasteiger partial charge < -0.3 is 10.1 Å². The Morgan fingerprint density at radius 3 is 2.62 bits per heavy atom. The molecule has 1 aromatic heterocycles. The van der Waals surface area contributed by atoms with Crippen LogP contribution in [0.25, 0.3) is 10.8 Å². The molecule has 5 rings (SSSR count). The molecule has 5 nitrogen and oxygen atoms in total. The summed E-state index contributed by atoms with van der Waals surface area (Å²) in [6.45, 7) is 6.05. The van der Waals surface area contributed by atoms with E-state index in [1.807, 2.05) is 12.1 Å². The number of hydrogen-bond acceptors (Lipinski definition) is 4. The van der Waals surface area contributed by atoms with Gasteiger partial charge in [-0.25, -0.2) is 9.37 Å². The second-order valence-corrected chi connectivity index (χ2v) is 11.4. The van der Waals surface area contributed by atoms with Crippen molar-refractivity contribution in [2.45, 2.75) is 82.5 Å². The van der Waals surface area contributed by atoms with Gasteiger partial charge in [-0.3, -0.25) is 9.69 Å². The number of carbonyl (C=O) groups is 1. The van der Waals surface area contributed by atoms with E-state index in [9.17, 15) is 9.18 Å². The fourth-order valence-electron chi connectivity index (χ4n) is 5.83. The van der Waals surface area contributed by atoms with Crippen LogP contribution in [0.5, 0.6) is 0 Å². The van der Waals surface area contributed by atoms with Gasteiger partial charge in [-0.1, -0.05) is 11.6 Å². The first kappa shape index (κ1) is 24.0. The number of nitrogens with one attached hydrogen (secondary N) is 1. The average Bonchev–Trinajstić information content (AvgIpc) is 3.25. The molecule has 0 radical (unpaired) electrons. The number of likely N-dealkylation sites (tertiary alicyclic amines) is 1. The van der Waals surface area contributed by atoms with E-state index >= 15 is 0 Å². The second kappa shape index (κ2) is 9.71. The summed E-state index contributed by atoms with van der Waals surface area (Å²) >= 11 is 6.70. The van der Waals surface area contributed by atoms with Gasteiger partial charge in [0.15, 0.2) is 0 Å². The number of carbonyl (C=O) groups excluding carboxylic acids is 1. The van der Waals surface area contributed by atoms with Crippen LogP contribution < -0.4 is 5.32 Å². The van der Waals surface area contributed by atoms with E-state index < -0.39 is 6.17 Å². The van der Waals surface area contributed by atoms with E-state index in [0.29, 0.717) is 37.4 Å². The molecule has 2 atom stereocenters. The maximum Gasteiger partial charge on any atom is 0.230 e. The number of fused-ring (bicyclic) bond motifs is 1. The summed E-state index contributed by atoms with van der Waals surface area (Å²) in [7, 11) is 0. The summed E-state index contributed by atoms with van der Waals surface area (Å²) in [6, 6.07) is 6.59. The van der Waals surface area contributed by atoms with Crippen LogP contribution in [-0.4, -0.2) is 53.3 Å². The molecule has 3 fully saturated rings. The molecule has 1 aliphatic carbocycles. The lowest BCUT2D eigenvalue weighted by Crippen LogP contribution is -2.38. The van der Waals surface area contributed by atoms with Gasteiger partial charge in [-0.05, 0) is 93.9 Å². The molecule has 0 spiro atoms. The predicted octanol–water partition coefficient (Wildman–Crippen LogP) is 6.10. The molecular formula is C27H35ClFN3O2. The first-order valence-corrected chi connectivity index (χ1v) is 13.1. The minimum absolute atomic E-state index is 0.0349. The van der Waals surface area contributed by atoms with Crippen molar-refractivity contribution in [3.63, 3.8) is 0 Å². The van der Waals surface area contributed by atoms with Crippen LogP contribution in [0.2, 0.25) is 5.02 Å². The van der Waals surface area contributed by atoms with Gasteiger partial charge in [-0.2, -0.15) is 0 Å². The number of rotatable bonds is 4. The Hall–Kier alpha value is -1.76. The van der Waals surface area contributed by atoms with E-state index in [4.69, 9.17) is 16.3 Å². The average molecular weight is 488 g/mol. The molecule has 3 aliphatic rings. The Balaban J connectivity index is 1.26. The van der Waals surface area contributed by atoms with Gasteiger partial charge in [-0.15, -0.1) is 0 Å². The zero-order valence-corrected chi connectivity index (χ0v) is 20.9. The Bertz CT molecular complexity index is 1040. The summed E-state index contributed by atoms with van der Waals surface area (Å²) in [6.07, 6.45) is 7.78. The Morgan fingerprint density at radius 2 is 1.94 bits per heavy atom. The van der Waals surface area contributed by atoms with E-state index in [0.717, 1.165) is 60.9 Å². The summed E-state index contributed by atoms with van der Waals surface area (Å²) in [5.41, 5.74) is 1.01. The maximum absolute atomic E-state index is 13.6. The lowest BCUT2D eigenvalue weighted by Gasteiger charge is -2.35. The lowest BCUT2D eigenvalue weighted by atomic mass is 9.81. The van der Waals surface area contributed by atoms with Gasteiger partial charge in [0.25, 0.3) is 0 Å². The monoisotopic (exact) mass is 487 g/mol. The minimum Gasteiger partial charge on any atom is -0.375 e. The quantitative estimate of drug-likeness (QED) is 0.566. The number of aromatic nitrogens is 1. The van der Waals surface area contributed by atoms with Gasteiger partial charge in [0.2, 0.25) is 5.91 Å². The fraction of sp³-hybridized carbons (Fsp3) is 0.630. The maximum atomic E-state index is 13.6. The smallest absolute Gasteiger partial charge is 0.230 e. The molecule has 1 N–H and O–H groups in total. The number of benzene rings is 1. The van der Waals surface area contributed by atoms with Crippen molar-refractivity contribution in [2.24, 2.45) is 5.92 Å². The predicted molar refractivity (Wildman–Crippen MR) is 134 cm³/mol. The highest BCUT2D eigenvalue weighted by Crippen LogP contribution is 2.40. The van der Waals surface area contributed by atoms with E-state index in [-0.39, 0.29) is 17.4 Å². The van der Waals surface area contributed by atoms with Crippen molar-refractivity contribution >= 4 is 34.1 Å². The fourth-order valence-corrected chi connectivity index (χ4v) is 6.16. The summed E-state index contributed by atoms with van der Waals surface area (Å²) < 4.78 is 19.5. The molecular weight excluding hydrogens is 453 g/mol. The molecule has 184 valence electrons. The van der Waals surface area contributed by atoms with Crippen LogP contribution in [0, 0.1) is 5.92 Å². The largest absolute Gasteiger partial charge is 0.375 e. The molecule has 1 unspecified atom stereocenters. The third kappa shape index (κ3) is 5.24. The Labute approximate surface area is 206 Å². The standard InChI is InChI=1S/C27H35ClFN3O2/c1-27(2)9-7-18(16-34-27)26(33)31-25-13-19-11-23(24(28)12-20(19)14-30-25)17-3-5-22(6-4-17)32-10-8-21(29)15-32/h11-14,17-18,21-22H,3-10,15-16H2,1-2H3,(H,30,31,33)/t17?,18?,21-,22?/m0/s1. The molecule has 1 amide bonds. The highest BCUT2D eigenvalue weighted by molar-refractivity contribution is 6.32. The van der Waals surface area contributed by atoms with Crippen molar-refractivity contribution in [3.05, 3.63) is 35.0 Å². The number of amides is 1. The van der Waals surface area contributed by atoms with Crippen LogP contribution in [0.4, 0.5) is 10.2 Å². The molecule has 1 aromatic carbocycles. The Kier molecular flexibility index (Phi) is 6.84. The summed E-state index contributed by atoms with van der Waals surface area (Å²) in [4.78, 5) is 19.5. The van der Waals surface area contributed by atoms with E-state index in [1.54, 1.807) is 6.20 Å². The van der Waals surface area contributed by atoms with Gasteiger partial charge >= 0.3 is 0 Å². The van der Waals surface area contributed by atoms with Crippen molar-refractivity contribution in [3.8, 4) is 0 Å². The molecule has 34 heavy (non-hydrogen) atoms. The number of alkyl halides is 1. The molecule has 2 aliphatic heterocycles. The van der Waals surface area contributed by atoms with Gasteiger partial charge in [0, 0.05) is 35.7 Å². The second-order valence-electron chi connectivity index (χ2n) is 11.0. The van der Waals surface area contributed by atoms with Crippen molar-refractivity contribution in [1.82, 2.24) is 9.88 Å². The molecule has 1 saturated carbocycles. The van der Waals surface area contributed by atoms with Crippen LogP contribution >= 0.6 is 11.6 Å². The van der Waals surface area contributed by atoms with Crippen molar-refractivity contribution < 1.29 is 13.9 Å². The normalized spacial score (nSPS) is 29.9. The number of hydrogen-bond donors (Lipinski definition) is 1. The van der Waals surface area contributed by atoms with Crippen molar-refractivity contribution in [1.29, 1.82) is 0 Å². The third-order valence-electron chi connectivity index (χ3n) is 8.04. The number of ether oxygens (including phenoxy) is 1. The third-order valence-corrected chi connectivity index (χ3v) is 8.37. The van der Waals surface area contributed by atoms with Gasteiger partial charge in [0.1, 0.15) is 12.0 Å². The minimum atomic E-state index is -0.659. The van der Waals surface area contributed by atoms with E-state index in [1.165, 1.54) is 5.56 Å². The van der Waals surface area contributed by atoms with Crippen LogP contribution in [0.1, 0.15) is 70.3 Å². The van der Waals surface area contributed by atoms with Crippen LogP contribution in [0.15, 0.2) is 24.4 Å². The number of anilines is 1. The van der Waals surface area contributed by atoms with Gasteiger partial charge in [0.05, 0.1) is 18.1 Å². The molecule has 7 heteroatoms. The lowest BCUT2D eigenvalue weighted by molar-refractivity contribution is -0.131.